The Morgan fingerprint density at radius 3 is 1.50 bits per heavy atom. The second kappa shape index (κ2) is 16.1. The van der Waals surface area contributed by atoms with E-state index in [2.05, 4.69) is 13.8 Å². The van der Waals surface area contributed by atoms with Crippen LogP contribution in [0, 0.1) is 0 Å². The Bertz CT molecular complexity index is 553. The van der Waals surface area contributed by atoms with E-state index >= 15 is 0 Å². The van der Waals surface area contributed by atoms with Crippen molar-refractivity contribution in [2.75, 3.05) is 13.2 Å². The van der Waals surface area contributed by atoms with Crippen molar-refractivity contribution in [3.05, 3.63) is 35.4 Å². The van der Waals surface area contributed by atoms with Gasteiger partial charge in [0.25, 0.3) is 0 Å². The summed E-state index contributed by atoms with van der Waals surface area (Å²) < 4.78 is 10.6. The summed E-state index contributed by atoms with van der Waals surface area (Å²) in [6.07, 6.45) is 13.9. The number of benzene rings is 1. The first-order valence-electron chi connectivity index (χ1n) is 11.1. The lowest BCUT2D eigenvalue weighted by Gasteiger charge is -2.07. The number of hydrogen-bond donors (Lipinski definition) is 0. The van der Waals surface area contributed by atoms with Crippen LogP contribution in [0.5, 0.6) is 0 Å². The highest BCUT2D eigenvalue weighted by molar-refractivity contribution is 5.95. The van der Waals surface area contributed by atoms with Gasteiger partial charge >= 0.3 is 11.9 Å². The van der Waals surface area contributed by atoms with E-state index in [-0.39, 0.29) is 11.9 Å². The van der Waals surface area contributed by atoms with Crippen molar-refractivity contribution in [2.24, 2.45) is 0 Å². The van der Waals surface area contributed by atoms with E-state index in [1.165, 1.54) is 38.5 Å². The Labute approximate surface area is 171 Å². The molecule has 0 N–H and O–H groups in total. The molecule has 1 aromatic carbocycles. The zero-order valence-corrected chi connectivity index (χ0v) is 17.8. The third-order valence-corrected chi connectivity index (χ3v) is 4.80. The maximum Gasteiger partial charge on any atom is 0.338 e. The first-order valence-corrected chi connectivity index (χ1v) is 11.1. The van der Waals surface area contributed by atoms with Gasteiger partial charge in [0.15, 0.2) is 0 Å². The maximum atomic E-state index is 12.2. The largest absolute Gasteiger partial charge is 0.462 e. The summed E-state index contributed by atoms with van der Waals surface area (Å²) in [5, 5.41) is 0. The molecule has 0 radical (unpaired) electrons. The van der Waals surface area contributed by atoms with Crippen LogP contribution in [0.3, 0.4) is 0 Å². The number of carbonyl (C=O) groups excluding carboxylic acids is 2. The monoisotopic (exact) mass is 390 g/mol. The van der Waals surface area contributed by atoms with Crippen LogP contribution in [-0.2, 0) is 9.47 Å². The molecule has 0 aliphatic carbocycles. The van der Waals surface area contributed by atoms with Gasteiger partial charge in [0.2, 0.25) is 0 Å². The Kier molecular flexibility index (Phi) is 14.0. The highest BCUT2D eigenvalue weighted by Crippen LogP contribution is 2.11. The smallest absolute Gasteiger partial charge is 0.338 e. The van der Waals surface area contributed by atoms with Crippen LogP contribution in [0.15, 0.2) is 24.3 Å². The Morgan fingerprint density at radius 2 is 1.04 bits per heavy atom. The van der Waals surface area contributed by atoms with Crippen LogP contribution in [0.2, 0.25) is 0 Å². The predicted octanol–water partition coefficient (Wildman–Crippen LogP) is 6.72. The Morgan fingerprint density at radius 1 is 0.643 bits per heavy atom. The van der Waals surface area contributed by atoms with Crippen molar-refractivity contribution in [3.63, 3.8) is 0 Å². The van der Waals surface area contributed by atoms with Gasteiger partial charge in [0.05, 0.1) is 24.3 Å². The lowest BCUT2D eigenvalue weighted by molar-refractivity contribution is 0.0496. The topological polar surface area (TPSA) is 52.6 Å². The van der Waals surface area contributed by atoms with Gasteiger partial charge in [0, 0.05) is 0 Å². The molecule has 28 heavy (non-hydrogen) atoms. The lowest BCUT2D eigenvalue weighted by Crippen LogP contribution is -2.10. The molecule has 0 spiro atoms. The van der Waals surface area contributed by atoms with Crippen LogP contribution >= 0.6 is 0 Å². The van der Waals surface area contributed by atoms with E-state index in [1.807, 2.05) is 0 Å². The van der Waals surface area contributed by atoms with Gasteiger partial charge in [-0.15, -0.1) is 0 Å². The van der Waals surface area contributed by atoms with E-state index in [9.17, 15) is 9.59 Å². The minimum atomic E-state index is -0.380. The molecule has 0 fully saturated rings. The Balaban J connectivity index is 2.24. The van der Waals surface area contributed by atoms with Crippen LogP contribution in [0.25, 0.3) is 0 Å². The normalized spacial score (nSPS) is 10.6. The summed E-state index contributed by atoms with van der Waals surface area (Å²) >= 11 is 0. The third kappa shape index (κ3) is 11.1. The van der Waals surface area contributed by atoms with Crippen LogP contribution in [-0.4, -0.2) is 25.2 Å². The molecule has 0 unspecified atom stereocenters. The zero-order valence-electron chi connectivity index (χ0n) is 17.8. The molecule has 0 saturated heterocycles. The van der Waals surface area contributed by atoms with Gasteiger partial charge in [-0.1, -0.05) is 84.1 Å². The van der Waals surface area contributed by atoms with Gasteiger partial charge in [-0.2, -0.15) is 0 Å². The van der Waals surface area contributed by atoms with E-state index in [0.717, 1.165) is 38.5 Å². The van der Waals surface area contributed by atoms with Gasteiger partial charge in [-0.05, 0) is 31.0 Å². The van der Waals surface area contributed by atoms with Gasteiger partial charge in [-0.25, -0.2) is 9.59 Å². The predicted molar refractivity (Wildman–Crippen MR) is 114 cm³/mol. The third-order valence-electron chi connectivity index (χ3n) is 4.80. The second-order valence-corrected chi connectivity index (χ2v) is 7.39. The van der Waals surface area contributed by atoms with Gasteiger partial charge in [0.1, 0.15) is 0 Å². The van der Waals surface area contributed by atoms with E-state index < -0.39 is 0 Å². The molecule has 1 rings (SSSR count). The molecule has 0 bridgehead atoms. The average molecular weight is 391 g/mol. The van der Waals surface area contributed by atoms with Crippen LogP contribution < -0.4 is 0 Å². The molecular weight excluding hydrogens is 352 g/mol. The number of ether oxygens (including phenoxy) is 2. The minimum absolute atomic E-state index is 0.374. The number of carbonyl (C=O) groups is 2. The van der Waals surface area contributed by atoms with Crippen LogP contribution in [0.1, 0.15) is 112 Å². The molecule has 0 atom stereocenters. The molecule has 1 aromatic rings. The molecule has 0 heterocycles. The van der Waals surface area contributed by atoms with Crippen molar-refractivity contribution in [1.82, 2.24) is 0 Å². The number of hydrogen-bond acceptors (Lipinski definition) is 4. The maximum absolute atomic E-state index is 12.2. The van der Waals surface area contributed by atoms with Gasteiger partial charge < -0.3 is 9.47 Å². The first-order chi connectivity index (χ1) is 13.7. The van der Waals surface area contributed by atoms with Crippen molar-refractivity contribution >= 4 is 11.9 Å². The lowest BCUT2D eigenvalue weighted by atomic mass is 10.1. The summed E-state index contributed by atoms with van der Waals surface area (Å²) in [5.41, 5.74) is 0.803. The molecule has 4 heteroatoms. The highest BCUT2D eigenvalue weighted by atomic mass is 16.5. The number of rotatable bonds is 16. The summed E-state index contributed by atoms with van der Waals surface area (Å²) in [4.78, 5) is 24.3. The molecule has 158 valence electrons. The molecule has 0 saturated carbocycles. The average Bonchev–Trinajstić information content (AvgIpc) is 2.72. The fraction of sp³-hybridized carbons (Fsp3) is 0.667. The van der Waals surface area contributed by atoms with Crippen LogP contribution in [0.4, 0.5) is 0 Å². The van der Waals surface area contributed by atoms with E-state index in [0.29, 0.717) is 24.3 Å². The fourth-order valence-electron chi connectivity index (χ4n) is 3.03. The standard InChI is InChI=1S/C24H38O4/c1-3-5-7-9-10-11-12-14-19-28-24(26)22-17-15-16-21(20-22)23(25)27-18-13-8-6-4-2/h15-17,20H,3-14,18-19H2,1-2H3. The molecule has 4 nitrogen and oxygen atoms in total. The summed E-state index contributed by atoms with van der Waals surface area (Å²) in [6, 6.07) is 6.60. The molecule has 0 aliphatic heterocycles. The summed E-state index contributed by atoms with van der Waals surface area (Å²) in [7, 11) is 0. The Hall–Kier alpha value is -1.84. The van der Waals surface area contributed by atoms with E-state index in [4.69, 9.17) is 9.47 Å². The summed E-state index contributed by atoms with van der Waals surface area (Å²) in [6.45, 7) is 5.22. The quantitative estimate of drug-likeness (QED) is 0.232. The molecular formula is C24H38O4. The zero-order chi connectivity index (χ0) is 20.5. The SMILES string of the molecule is CCCCCCCCCCOC(=O)c1cccc(C(=O)OCCCCCC)c1. The number of unbranched alkanes of at least 4 members (excludes halogenated alkanes) is 10. The minimum Gasteiger partial charge on any atom is -0.462 e. The first kappa shape index (κ1) is 24.2. The van der Waals surface area contributed by atoms with Gasteiger partial charge in [-0.3, -0.25) is 0 Å². The highest BCUT2D eigenvalue weighted by Gasteiger charge is 2.12. The fourth-order valence-corrected chi connectivity index (χ4v) is 3.03. The second-order valence-electron chi connectivity index (χ2n) is 7.39. The molecule has 0 aromatic heterocycles. The molecule has 0 aliphatic rings. The van der Waals surface area contributed by atoms with E-state index in [1.54, 1.807) is 24.3 Å². The van der Waals surface area contributed by atoms with Crippen molar-refractivity contribution in [1.29, 1.82) is 0 Å². The van der Waals surface area contributed by atoms with Crippen molar-refractivity contribution in [3.8, 4) is 0 Å². The molecule has 0 amide bonds. The summed E-state index contributed by atoms with van der Waals surface area (Å²) in [5.74, 6) is -0.755. The number of esters is 2. The van der Waals surface area contributed by atoms with Crippen molar-refractivity contribution in [2.45, 2.75) is 90.9 Å². The van der Waals surface area contributed by atoms with Crippen molar-refractivity contribution < 1.29 is 19.1 Å².